The second-order valence-electron chi connectivity index (χ2n) is 4.53. The van der Waals surface area contributed by atoms with E-state index < -0.39 is 0 Å². The van der Waals surface area contributed by atoms with Crippen LogP contribution in [-0.4, -0.2) is 17.7 Å². The van der Waals surface area contributed by atoms with Crippen LogP contribution in [0.1, 0.15) is 11.3 Å². The summed E-state index contributed by atoms with van der Waals surface area (Å²) in [6.07, 6.45) is 2.20. The number of para-hydroxylation sites is 1. The number of fused-ring (bicyclic) bond motifs is 1. The largest absolute Gasteiger partial charge is 0.492 e. The Morgan fingerprint density at radius 2 is 2.26 bits per heavy atom. The van der Waals surface area contributed by atoms with Gasteiger partial charge in [0, 0.05) is 6.07 Å². The molecule has 1 amide bonds. The highest BCUT2D eigenvalue weighted by atomic mass is 16.5. The van der Waals surface area contributed by atoms with Gasteiger partial charge in [-0.1, -0.05) is 23.4 Å². The fourth-order valence-corrected chi connectivity index (χ4v) is 2.15. The van der Waals surface area contributed by atoms with E-state index in [1.165, 1.54) is 6.26 Å². The summed E-state index contributed by atoms with van der Waals surface area (Å²) in [7, 11) is 0. The number of hydrogen-bond acceptors (Lipinski definition) is 4. The molecule has 0 bridgehead atoms. The van der Waals surface area contributed by atoms with E-state index in [-0.39, 0.29) is 11.8 Å². The quantitative estimate of drug-likeness (QED) is 0.907. The van der Waals surface area contributed by atoms with Gasteiger partial charge in [0.1, 0.15) is 24.3 Å². The molecule has 1 N–H and O–H groups in total. The molecule has 0 saturated heterocycles. The molecule has 1 aromatic heterocycles. The van der Waals surface area contributed by atoms with E-state index in [1.54, 1.807) is 6.07 Å². The van der Waals surface area contributed by atoms with Gasteiger partial charge in [0.05, 0.1) is 12.5 Å². The van der Waals surface area contributed by atoms with Crippen LogP contribution in [0.3, 0.4) is 0 Å². The maximum atomic E-state index is 12.1. The van der Waals surface area contributed by atoms with Gasteiger partial charge in [-0.2, -0.15) is 0 Å². The molecular weight excluding hydrogens is 244 g/mol. The molecule has 1 aliphatic rings. The molecule has 2 heterocycles. The smallest absolute Gasteiger partial charge is 0.227 e. The minimum Gasteiger partial charge on any atom is -0.492 e. The van der Waals surface area contributed by atoms with Crippen LogP contribution >= 0.6 is 0 Å². The molecule has 0 fully saturated rings. The summed E-state index contributed by atoms with van der Waals surface area (Å²) in [5.41, 5.74) is 1.79. The topological polar surface area (TPSA) is 64.4 Å². The predicted octanol–water partition coefficient (Wildman–Crippen LogP) is 1.54. The summed E-state index contributed by atoms with van der Waals surface area (Å²) in [5.74, 6) is 0.711. The second-order valence-corrected chi connectivity index (χ2v) is 4.53. The van der Waals surface area contributed by atoms with Crippen molar-refractivity contribution in [2.45, 2.75) is 13.0 Å². The lowest BCUT2D eigenvalue weighted by Crippen LogP contribution is -2.37. The van der Waals surface area contributed by atoms with Crippen LogP contribution in [0.5, 0.6) is 5.75 Å². The lowest BCUT2D eigenvalue weighted by Gasteiger charge is -2.24. The van der Waals surface area contributed by atoms with Crippen molar-refractivity contribution in [3.63, 3.8) is 0 Å². The average Bonchev–Trinajstić information content (AvgIpc) is 2.97. The van der Waals surface area contributed by atoms with Gasteiger partial charge < -0.3 is 14.6 Å². The SMILES string of the molecule is O=C(NCc1ccon1)[C@@H]1COc2ccccc2C1. The third-order valence-electron chi connectivity index (χ3n) is 3.18. The fraction of sp³-hybridized carbons (Fsp3) is 0.286. The van der Waals surface area contributed by atoms with Gasteiger partial charge in [-0.05, 0) is 18.1 Å². The monoisotopic (exact) mass is 258 g/mol. The van der Waals surface area contributed by atoms with Gasteiger partial charge in [-0.25, -0.2) is 0 Å². The summed E-state index contributed by atoms with van der Waals surface area (Å²) < 4.78 is 10.3. The molecule has 19 heavy (non-hydrogen) atoms. The van der Waals surface area contributed by atoms with E-state index in [1.807, 2.05) is 24.3 Å². The van der Waals surface area contributed by atoms with Crippen LogP contribution in [0.2, 0.25) is 0 Å². The molecule has 0 aliphatic carbocycles. The predicted molar refractivity (Wildman–Crippen MR) is 67.5 cm³/mol. The fourth-order valence-electron chi connectivity index (χ4n) is 2.15. The lowest BCUT2D eigenvalue weighted by atomic mass is 9.96. The summed E-state index contributed by atoms with van der Waals surface area (Å²) >= 11 is 0. The number of carbonyl (C=O) groups excluding carboxylic acids is 1. The molecule has 3 rings (SSSR count). The van der Waals surface area contributed by atoms with Crippen LogP contribution in [0, 0.1) is 5.92 Å². The molecule has 0 saturated carbocycles. The van der Waals surface area contributed by atoms with Gasteiger partial charge >= 0.3 is 0 Å². The molecule has 0 radical (unpaired) electrons. The average molecular weight is 258 g/mol. The Kier molecular flexibility index (Phi) is 3.18. The second kappa shape index (κ2) is 5.14. The number of amides is 1. The summed E-state index contributed by atoms with van der Waals surface area (Å²) in [6.45, 7) is 0.801. The van der Waals surface area contributed by atoms with Crippen molar-refractivity contribution in [2.75, 3.05) is 6.61 Å². The van der Waals surface area contributed by atoms with Crippen molar-refractivity contribution < 1.29 is 14.1 Å². The normalized spacial score (nSPS) is 17.4. The van der Waals surface area contributed by atoms with E-state index in [2.05, 4.69) is 10.5 Å². The number of ether oxygens (including phenoxy) is 1. The van der Waals surface area contributed by atoms with E-state index in [0.29, 0.717) is 25.3 Å². The third kappa shape index (κ3) is 2.59. The Bertz CT molecular complexity index is 566. The first kappa shape index (κ1) is 11.8. The highest BCUT2D eigenvalue weighted by Gasteiger charge is 2.25. The molecule has 1 aliphatic heterocycles. The maximum Gasteiger partial charge on any atom is 0.227 e. The standard InChI is InChI=1S/C14H14N2O3/c17-14(15-8-12-5-6-19-16-12)11-7-10-3-1-2-4-13(10)18-9-11/h1-6,11H,7-9H2,(H,15,17)/t11-/m0/s1. The first-order chi connectivity index (χ1) is 9.33. The van der Waals surface area contributed by atoms with Gasteiger partial charge in [-0.3, -0.25) is 4.79 Å². The van der Waals surface area contributed by atoms with Gasteiger partial charge in [0.25, 0.3) is 0 Å². The molecule has 0 spiro atoms. The van der Waals surface area contributed by atoms with Crippen molar-refractivity contribution in [1.29, 1.82) is 0 Å². The van der Waals surface area contributed by atoms with Crippen LogP contribution in [0.25, 0.3) is 0 Å². The van der Waals surface area contributed by atoms with Crippen LogP contribution in [-0.2, 0) is 17.8 Å². The minimum atomic E-state index is -0.151. The Morgan fingerprint density at radius 1 is 1.37 bits per heavy atom. The molecule has 2 aromatic rings. The molecule has 5 nitrogen and oxygen atoms in total. The number of carbonyl (C=O) groups is 1. The molecule has 1 aromatic carbocycles. The summed E-state index contributed by atoms with van der Waals surface area (Å²) in [4.78, 5) is 12.1. The Balaban J connectivity index is 1.60. The summed E-state index contributed by atoms with van der Waals surface area (Å²) in [5, 5.41) is 6.59. The number of nitrogens with zero attached hydrogens (tertiary/aromatic N) is 1. The van der Waals surface area contributed by atoms with Crippen molar-refractivity contribution in [1.82, 2.24) is 10.5 Å². The third-order valence-corrected chi connectivity index (χ3v) is 3.18. The van der Waals surface area contributed by atoms with Crippen molar-refractivity contribution in [2.24, 2.45) is 5.92 Å². The maximum absolute atomic E-state index is 12.1. The minimum absolute atomic E-state index is 0.0162. The molecule has 1 atom stereocenters. The van der Waals surface area contributed by atoms with Crippen LogP contribution in [0.4, 0.5) is 0 Å². The highest BCUT2D eigenvalue weighted by Crippen LogP contribution is 2.26. The molecule has 0 unspecified atom stereocenters. The van der Waals surface area contributed by atoms with Crippen molar-refractivity contribution in [3.8, 4) is 5.75 Å². The lowest BCUT2D eigenvalue weighted by molar-refractivity contribution is -0.126. The number of hydrogen-bond donors (Lipinski definition) is 1. The van der Waals surface area contributed by atoms with Gasteiger partial charge in [0.15, 0.2) is 0 Å². The Hall–Kier alpha value is -2.30. The zero-order valence-electron chi connectivity index (χ0n) is 10.3. The van der Waals surface area contributed by atoms with Crippen molar-refractivity contribution >= 4 is 5.91 Å². The number of nitrogens with one attached hydrogen (secondary N) is 1. The number of benzene rings is 1. The zero-order valence-corrected chi connectivity index (χ0v) is 10.3. The first-order valence-electron chi connectivity index (χ1n) is 6.20. The van der Waals surface area contributed by atoms with Crippen LogP contribution < -0.4 is 10.1 Å². The van der Waals surface area contributed by atoms with Gasteiger partial charge in [0.2, 0.25) is 5.91 Å². The highest BCUT2D eigenvalue weighted by molar-refractivity contribution is 5.79. The Labute approximate surface area is 110 Å². The van der Waals surface area contributed by atoms with E-state index in [0.717, 1.165) is 11.3 Å². The number of rotatable bonds is 3. The molecule has 98 valence electrons. The van der Waals surface area contributed by atoms with Crippen molar-refractivity contribution in [3.05, 3.63) is 47.9 Å². The first-order valence-corrected chi connectivity index (χ1v) is 6.20. The van der Waals surface area contributed by atoms with E-state index >= 15 is 0 Å². The van der Waals surface area contributed by atoms with Gasteiger partial charge in [-0.15, -0.1) is 0 Å². The zero-order chi connectivity index (χ0) is 13.1. The van der Waals surface area contributed by atoms with E-state index in [4.69, 9.17) is 9.26 Å². The molecule has 5 heteroatoms. The molecular formula is C14H14N2O3. The Morgan fingerprint density at radius 3 is 3.11 bits per heavy atom. The number of aromatic nitrogens is 1. The summed E-state index contributed by atoms with van der Waals surface area (Å²) in [6, 6.07) is 9.54. The van der Waals surface area contributed by atoms with Crippen LogP contribution in [0.15, 0.2) is 41.1 Å². The van der Waals surface area contributed by atoms with E-state index in [9.17, 15) is 4.79 Å².